The molecule has 2 rings (SSSR count). The maximum atomic E-state index is 12.6. The molecule has 0 heterocycles. The van der Waals surface area contributed by atoms with Crippen LogP contribution >= 0.6 is 0 Å². The van der Waals surface area contributed by atoms with Gasteiger partial charge < -0.3 is 9.64 Å². The standard InChI is InChI=1S/C18H20F3NO/c1-22(2)13-12-17(14-6-4-3-5-7-14)23-16-10-8-15(9-11-16)18(19,20)21/h3-11,17H,12-13H2,1-2H3/t17-/m0/s1. The van der Waals surface area contributed by atoms with E-state index in [4.69, 9.17) is 4.74 Å². The molecule has 0 N–H and O–H groups in total. The third-order valence-corrected chi connectivity index (χ3v) is 3.47. The largest absolute Gasteiger partial charge is 0.486 e. The average Bonchev–Trinajstić information content (AvgIpc) is 2.51. The van der Waals surface area contributed by atoms with E-state index < -0.39 is 11.7 Å². The molecule has 0 amide bonds. The van der Waals surface area contributed by atoms with Gasteiger partial charge in [-0.1, -0.05) is 30.3 Å². The minimum Gasteiger partial charge on any atom is -0.486 e. The second-order valence-corrected chi connectivity index (χ2v) is 5.63. The molecule has 0 aliphatic heterocycles. The summed E-state index contributed by atoms with van der Waals surface area (Å²) in [6.45, 7) is 0.820. The summed E-state index contributed by atoms with van der Waals surface area (Å²) in [4.78, 5) is 2.05. The van der Waals surface area contributed by atoms with Crippen molar-refractivity contribution in [2.75, 3.05) is 20.6 Å². The molecule has 0 aliphatic rings. The predicted octanol–water partition coefficient (Wildman–Crippen LogP) is 4.78. The molecule has 2 aromatic carbocycles. The fraction of sp³-hybridized carbons (Fsp3) is 0.333. The minimum atomic E-state index is -4.33. The number of hydrogen-bond acceptors (Lipinski definition) is 2. The molecule has 2 aromatic rings. The highest BCUT2D eigenvalue weighted by Gasteiger charge is 2.30. The Morgan fingerprint density at radius 2 is 1.57 bits per heavy atom. The Bertz CT molecular complexity index is 594. The van der Waals surface area contributed by atoms with E-state index in [1.54, 1.807) is 0 Å². The van der Waals surface area contributed by atoms with E-state index in [-0.39, 0.29) is 6.10 Å². The van der Waals surface area contributed by atoms with Gasteiger partial charge in [-0.3, -0.25) is 0 Å². The Hall–Kier alpha value is -2.01. The first-order valence-electron chi connectivity index (χ1n) is 7.40. The topological polar surface area (TPSA) is 12.5 Å². The van der Waals surface area contributed by atoms with Gasteiger partial charge in [0.1, 0.15) is 11.9 Å². The van der Waals surface area contributed by atoms with E-state index in [1.165, 1.54) is 12.1 Å². The zero-order valence-electron chi connectivity index (χ0n) is 13.2. The smallest absolute Gasteiger partial charge is 0.416 e. The van der Waals surface area contributed by atoms with Crippen LogP contribution in [-0.2, 0) is 6.18 Å². The molecule has 0 radical (unpaired) electrons. The van der Waals surface area contributed by atoms with E-state index in [2.05, 4.69) is 0 Å². The monoisotopic (exact) mass is 323 g/mol. The van der Waals surface area contributed by atoms with Crippen LogP contribution < -0.4 is 4.74 Å². The van der Waals surface area contributed by atoms with Gasteiger partial charge in [0.15, 0.2) is 0 Å². The highest BCUT2D eigenvalue weighted by atomic mass is 19.4. The number of ether oxygens (including phenoxy) is 1. The average molecular weight is 323 g/mol. The number of hydrogen-bond donors (Lipinski definition) is 0. The van der Waals surface area contributed by atoms with Crippen molar-refractivity contribution in [3.05, 3.63) is 65.7 Å². The molecule has 0 aromatic heterocycles. The summed E-state index contributed by atoms with van der Waals surface area (Å²) in [6, 6.07) is 14.5. The van der Waals surface area contributed by atoms with E-state index in [1.807, 2.05) is 49.3 Å². The number of rotatable bonds is 6. The molecule has 0 unspecified atom stereocenters. The normalized spacial score (nSPS) is 13.1. The predicted molar refractivity (Wildman–Crippen MR) is 84.4 cm³/mol. The highest BCUT2D eigenvalue weighted by molar-refractivity contribution is 5.30. The second kappa shape index (κ2) is 7.51. The zero-order chi connectivity index (χ0) is 16.9. The van der Waals surface area contributed by atoms with Gasteiger partial charge in [0.25, 0.3) is 0 Å². The Morgan fingerprint density at radius 1 is 0.957 bits per heavy atom. The maximum Gasteiger partial charge on any atom is 0.416 e. The molecule has 0 bridgehead atoms. The van der Waals surface area contributed by atoms with Crippen LogP contribution in [0.25, 0.3) is 0 Å². The van der Waals surface area contributed by atoms with Crippen molar-refractivity contribution in [3.8, 4) is 5.75 Å². The molecule has 124 valence electrons. The Kier molecular flexibility index (Phi) is 5.66. The maximum absolute atomic E-state index is 12.6. The summed E-state index contributed by atoms with van der Waals surface area (Å²) < 4.78 is 43.8. The molecule has 1 atom stereocenters. The lowest BCUT2D eigenvalue weighted by atomic mass is 10.1. The lowest BCUT2D eigenvalue weighted by molar-refractivity contribution is -0.137. The summed E-state index contributed by atoms with van der Waals surface area (Å²) >= 11 is 0. The Morgan fingerprint density at radius 3 is 2.09 bits per heavy atom. The lowest BCUT2D eigenvalue weighted by Gasteiger charge is -2.22. The number of benzene rings is 2. The zero-order valence-corrected chi connectivity index (χ0v) is 13.2. The second-order valence-electron chi connectivity index (χ2n) is 5.63. The molecule has 0 fully saturated rings. The summed E-state index contributed by atoms with van der Waals surface area (Å²) in [5.41, 5.74) is 0.337. The molecule has 0 aliphatic carbocycles. The lowest BCUT2D eigenvalue weighted by Crippen LogP contribution is -2.18. The van der Waals surface area contributed by atoms with Gasteiger partial charge in [0.2, 0.25) is 0 Å². The third-order valence-electron chi connectivity index (χ3n) is 3.47. The van der Waals surface area contributed by atoms with Crippen molar-refractivity contribution in [2.45, 2.75) is 18.7 Å². The van der Waals surface area contributed by atoms with Crippen molar-refractivity contribution >= 4 is 0 Å². The quantitative estimate of drug-likeness (QED) is 0.759. The van der Waals surface area contributed by atoms with Crippen LogP contribution in [0.2, 0.25) is 0 Å². The molecule has 2 nitrogen and oxygen atoms in total. The summed E-state index contributed by atoms with van der Waals surface area (Å²) in [6.07, 6.45) is -3.78. The van der Waals surface area contributed by atoms with Crippen LogP contribution in [-0.4, -0.2) is 25.5 Å². The SMILES string of the molecule is CN(C)CC[C@H](Oc1ccc(C(F)(F)F)cc1)c1ccccc1. The molecular formula is C18H20F3NO. The van der Waals surface area contributed by atoms with Gasteiger partial charge >= 0.3 is 6.18 Å². The fourth-order valence-corrected chi connectivity index (χ4v) is 2.22. The van der Waals surface area contributed by atoms with Crippen LogP contribution in [0.5, 0.6) is 5.75 Å². The molecule has 0 saturated carbocycles. The first kappa shape index (κ1) is 17.3. The first-order valence-corrected chi connectivity index (χ1v) is 7.40. The van der Waals surface area contributed by atoms with E-state index >= 15 is 0 Å². The van der Waals surface area contributed by atoms with Gasteiger partial charge in [-0.25, -0.2) is 0 Å². The number of alkyl halides is 3. The molecule has 0 saturated heterocycles. The molecular weight excluding hydrogens is 303 g/mol. The summed E-state index contributed by atoms with van der Waals surface area (Å²) in [7, 11) is 3.94. The summed E-state index contributed by atoms with van der Waals surface area (Å²) in [5.74, 6) is 0.436. The van der Waals surface area contributed by atoms with Gasteiger partial charge in [-0.05, 0) is 43.9 Å². The minimum absolute atomic E-state index is 0.199. The van der Waals surface area contributed by atoms with Gasteiger partial charge in [-0.2, -0.15) is 13.2 Å². The van der Waals surface area contributed by atoms with Crippen LogP contribution in [0, 0.1) is 0 Å². The molecule has 0 spiro atoms. The van der Waals surface area contributed by atoms with Crippen molar-refractivity contribution in [1.82, 2.24) is 4.90 Å². The van der Waals surface area contributed by atoms with Gasteiger partial charge in [-0.15, -0.1) is 0 Å². The van der Waals surface area contributed by atoms with E-state index in [0.717, 1.165) is 30.7 Å². The third kappa shape index (κ3) is 5.28. The van der Waals surface area contributed by atoms with Gasteiger partial charge in [0.05, 0.1) is 5.56 Å². The van der Waals surface area contributed by atoms with Crippen molar-refractivity contribution in [2.24, 2.45) is 0 Å². The van der Waals surface area contributed by atoms with E-state index in [9.17, 15) is 13.2 Å². The summed E-state index contributed by atoms with van der Waals surface area (Å²) in [5, 5.41) is 0. The van der Waals surface area contributed by atoms with E-state index in [0.29, 0.717) is 5.75 Å². The van der Waals surface area contributed by atoms with Crippen molar-refractivity contribution < 1.29 is 17.9 Å². The number of nitrogens with zero attached hydrogens (tertiary/aromatic N) is 1. The highest BCUT2D eigenvalue weighted by Crippen LogP contribution is 2.31. The van der Waals surface area contributed by atoms with Crippen LogP contribution in [0.15, 0.2) is 54.6 Å². The molecule has 23 heavy (non-hydrogen) atoms. The fourth-order valence-electron chi connectivity index (χ4n) is 2.22. The number of halogens is 3. The van der Waals surface area contributed by atoms with Crippen LogP contribution in [0.1, 0.15) is 23.7 Å². The first-order chi connectivity index (χ1) is 10.9. The molecule has 5 heteroatoms. The Balaban J connectivity index is 2.14. The van der Waals surface area contributed by atoms with Crippen LogP contribution in [0.3, 0.4) is 0 Å². The Labute approximate surface area is 134 Å². The van der Waals surface area contributed by atoms with Crippen molar-refractivity contribution in [3.63, 3.8) is 0 Å². The van der Waals surface area contributed by atoms with Gasteiger partial charge in [0, 0.05) is 13.0 Å². The van der Waals surface area contributed by atoms with Crippen LogP contribution in [0.4, 0.5) is 13.2 Å². The van der Waals surface area contributed by atoms with Crippen molar-refractivity contribution in [1.29, 1.82) is 0 Å².